The Hall–Kier alpha value is -1.58. The average Bonchev–Trinajstić information content (AvgIpc) is 2.06. The van der Waals surface area contributed by atoms with E-state index in [1.165, 1.54) is 0 Å². The highest BCUT2D eigenvalue weighted by Gasteiger charge is 2.23. The van der Waals surface area contributed by atoms with E-state index in [1.54, 1.807) is 24.3 Å². The van der Waals surface area contributed by atoms with Crippen molar-refractivity contribution in [3.63, 3.8) is 0 Å². The van der Waals surface area contributed by atoms with Crippen molar-refractivity contribution in [2.75, 3.05) is 0 Å². The summed E-state index contributed by atoms with van der Waals surface area (Å²) in [5, 5.41) is 17.2. The summed E-state index contributed by atoms with van der Waals surface area (Å²) in [5.74, 6) is -2.20. The smallest absolute Gasteiger partial charge is 0.303 e. The zero-order valence-corrected chi connectivity index (χ0v) is 7.59. The lowest BCUT2D eigenvalue weighted by Gasteiger charge is -2.20. The molecule has 1 rings (SSSR count). The van der Waals surface area contributed by atoms with Crippen molar-refractivity contribution in [3.8, 4) is 0 Å². The fourth-order valence-corrected chi connectivity index (χ4v) is 1.54. The molecule has 0 saturated carbocycles. The zero-order valence-electron chi connectivity index (χ0n) is 7.59. The monoisotopic (exact) mass is 196 g/mol. The first-order chi connectivity index (χ1) is 6.59. The van der Waals surface area contributed by atoms with Crippen LogP contribution in [0, 0.1) is 11.8 Å². The van der Waals surface area contributed by atoms with Crippen molar-refractivity contribution >= 4 is 11.9 Å². The molecule has 2 atom stereocenters. The average molecular weight is 196 g/mol. The van der Waals surface area contributed by atoms with Crippen molar-refractivity contribution in [1.82, 2.24) is 0 Å². The summed E-state index contributed by atoms with van der Waals surface area (Å²) in [5.41, 5.74) is 0. The van der Waals surface area contributed by atoms with E-state index in [4.69, 9.17) is 10.2 Å². The first-order valence-corrected chi connectivity index (χ1v) is 4.38. The summed E-state index contributed by atoms with van der Waals surface area (Å²) < 4.78 is 0. The van der Waals surface area contributed by atoms with Gasteiger partial charge in [-0.25, -0.2) is 0 Å². The summed E-state index contributed by atoms with van der Waals surface area (Å²) in [4.78, 5) is 21.0. The Labute approximate surface area is 81.6 Å². The van der Waals surface area contributed by atoms with Crippen LogP contribution in [0.5, 0.6) is 0 Å². The molecule has 0 aromatic rings. The van der Waals surface area contributed by atoms with Gasteiger partial charge in [0.25, 0.3) is 0 Å². The van der Waals surface area contributed by atoms with Crippen LogP contribution in [0.25, 0.3) is 0 Å². The number of carboxylic acids is 2. The van der Waals surface area contributed by atoms with E-state index in [0.29, 0.717) is 0 Å². The summed E-state index contributed by atoms with van der Waals surface area (Å²) in [6.45, 7) is 0. The lowest BCUT2D eigenvalue weighted by Crippen LogP contribution is -2.19. The van der Waals surface area contributed by atoms with Gasteiger partial charge in [-0.1, -0.05) is 24.3 Å². The van der Waals surface area contributed by atoms with Crippen molar-refractivity contribution < 1.29 is 19.8 Å². The fourth-order valence-electron chi connectivity index (χ4n) is 1.54. The highest BCUT2D eigenvalue weighted by Crippen LogP contribution is 2.25. The van der Waals surface area contributed by atoms with Gasteiger partial charge in [0.15, 0.2) is 0 Å². The molecule has 1 aliphatic carbocycles. The van der Waals surface area contributed by atoms with Crippen molar-refractivity contribution in [1.29, 1.82) is 0 Å². The van der Waals surface area contributed by atoms with Crippen LogP contribution in [0.15, 0.2) is 24.3 Å². The Morgan fingerprint density at radius 2 is 1.29 bits per heavy atom. The molecule has 0 fully saturated rings. The van der Waals surface area contributed by atoms with Crippen LogP contribution in [-0.2, 0) is 9.59 Å². The standard InChI is InChI=1S/C10H12O4/c11-9(12)5-7-3-1-2-4-8(7)6-10(13)14/h1-4,7-8H,5-6H2,(H,11,12)(H,13,14)/t7-,8-/m0/s1. The number of carboxylic acid groups (broad SMARTS) is 2. The van der Waals surface area contributed by atoms with Gasteiger partial charge < -0.3 is 10.2 Å². The van der Waals surface area contributed by atoms with E-state index in [-0.39, 0.29) is 24.7 Å². The highest BCUT2D eigenvalue weighted by molar-refractivity contribution is 5.69. The van der Waals surface area contributed by atoms with Gasteiger partial charge in [-0.15, -0.1) is 0 Å². The van der Waals surface area contributed by atoms with Gasteiger partial charge in [-0.2, -0.15) is 0 Å². The topological polar surface area (TPSA) is 74.6 Å². The minimum atomic E-state index is -0.898. The van der Waals surface area contributed by atoms with E-state index in [0.717, 1.165) is 0 Å². The van der Waals surface area contributed by atoms with Crippen molar-refractivity contribution in [2.24, 2.45) is 11.8 Å². The maximum atomic E-state index is 10.5. The molecule has 14 heavy (non-hydrogen) atoms. The molecule has 0 saturated heterocycles. The second kappa shape index (κ2) is 4.60. The van der Waals surface area contributed by atoms with Gasteiger partial charge in [0.05, 0.1) is 12.8 Å². The van der Waals surface area contributed by atoms with Crippen LogP contribution < -0.4 is 0 Å². The summed E-state index contributed by atoms with van der Waals surface area (Å²) in [7, 11) is 0. The van der Waals surface area contributed by atoms with Crippen LogP contribution in [0.3, 0.4) is 0 Å². The van der Waals surface area contributed by atoms with Gasteiger partial charge in [-0.3, -0.25) is 9.59 Å². The number of aliphatic carboxylic acids is 2. The SMILES string of the molecule is O=C(O)C[C@@H]1C=CC=C[C@H]1CC(=O)O. The normalized spacial score (nSPS) is 24.9. The van der Waals surface area contributed by atoms with E-state index in [9.17, 15) is 9.59 Å². The van der Waals surface area contributed by atoms with Gasteiger partial charge in [0, 0.05) is 0 Å². The Kier molecular flexibility index (Phi) is 3.45. The predicted molar refractivity (Wildman–Crippen MR) is 49.8 cm³/mol. The first kappa shape index (κ1) is 10.5. The molecule has 4 heteroatoms. The zero-order chi connectivity index (χ0) is 10.6. The molecule has 0 unspecified atom stereocenters. The summed E-state index contributed by atoms with van der Waals surface area (Å²) in [6.07, 6.45) is 6.99. The highest BCUT2D eigenvalue weighted by atomic mass is 16.4. The van der Waals surface area contributed by atoms with Gasteiger partial charge in [-0.05, 0) is 11.8 Å². The number of hydrogen-bond acceptors (Lipinski definition) is 2. The fraction of sp³-hybridized carbons (Fsp3) is 0.400. The quantitative estimate of drug-likeness (QED) is 0.710. The molecule has 0 spiro atoms. The van der Waals surface area contributed by atoms with Crippen LogP contribution in [0.1, 0.15) is 12.8 Å². The second-order valence-corrected chi connectivity index (χ2v) is 3.29. The second-order valence-electron chi connectivity index (χ2n) is 3.29. The van der Waals surface area contributed by atoms with E-state index in [2.05, 4.69) is 0 Å². The number of rotatable bonds is 4. The minimum absolute atomic E-state index is 0.0151. The molecule has 0 heterocycles. The van der Waals surface area contributed by atoms with Crippen molar-refractivity contribution in [3.05, 3.63) is 24.3 Å². The molecule has 0 aromatic heterocycles. The first-order valence-electron chi connectivity index (χ1n) is 4.38. The lowest BCUT2D eigenvalue weighted by atomic mass is 9.84. The van der Waals surface area contributed by atoms with Gasteiger partial charge in [0.1, 0.15) is 0 Å². The van der Waals surface area contributed by atoms with E-state index < -0.39 is 11.9 Å². The third kappa shape index (κ3) is 3.05. The largest absolute Gasteiger partial charge is 0.481 e. The van der Waals surface area contributed by atoms with E-state index in [1.807, 2.05) is 0 Å². The van der Waals surface area contributed by atoms with Crippen LogP contribution >= 0.6 is 0 Å². The number of allylic oxidation sites excluding steroid dienone is 4. The maximum Gasteiger partial charge on any atom is 0.303 e. The Bertz CT molecular complexity index is 260. The van der Waals surface area contributed by atoms with Crippen molar-refractivity contribution in [2.45, 2.75) is 12.8 Å². The third-order valence-electron chi connectivity index (χ3n) is 2.20. The molecule has 0 aliphatic heterocycles. The van der Waals surface area contributed by atoms with Crippen LogP contribution in [-0.4, -0.2) is 22.2 Å². The molecular weight excluding hydrogens is 184 g/mol. The Morgan fingerprint density at radius 3 is 1.57 bits per heavy atom. The molecule has 0 bridgehead atoms. The molecule has 76 valence electrons. The molecule has 0 amide bonds. The molecule has 4 nitrogen and oxygen atoms in total. The maximum absolute atomic E-state index is 10.5. The number of hydrogen-bond donors (Lipinski definition) is 2. The Balaban J connectivity index is 2.61. The molecule has 0 aromatic carbocycles. The summed E-state index contributed by atoms with van der Waals surface area (Å²) in [6, 6.07) is 0. The predicted octanol–water partition coefficient (Wildman–Crippen LogP) is 1.29. The molecular formula is C10H12O4. The van der Waals surface area contributed by atoms with Crippen LogP contribution in [0.4, 0.5) is 0 Å². The molecule has 1 aliphatic rings. The van der Waals surface area contributed by atoms with Gasteiger partial charge in [0.2, 0.25) is 0 Å². The van der Waals surface area contributed by atoms with Crippen LogP contribution in [0.2, 0.25) is 0 Å². The van der Waals surface area contributed by atoms with Gasteiger partial charge >= 0.3 is 11.9 Å². The summed E-state index contributed by atoms with van der Waals surface area (Å²) >= 11 is 0. The minimum Gasteiger partial charge on any atom is -0.481 e. The molecule has 2 N–H and O–H groups in total. The Morgan fingerprint density at radius 1 is 0.929 bits per heavy atom. The lowest BCUT2D eigenvalue weighted by molar-refractivity contribution is -0.140. The molecule has 0 radical (unpaired) electrons. The third-order valence-corrected chi connectivity index (χ3v) is 2.20. The number of carbonyl (C=O) groups is 2. The van der Waals surface area contributed by atoms with E-state index >= 15 is 0 Å².